The zero-order chi connectivity index (χ0) is 20.6. The number of amides is 1. The Labute approximate surface area is 166 Å². The molecule has 0 saturated carbocycles. The molecule has 0 spiro atoms. The second-order valence-corrected chi connectivity index (χ2v) is 8.61. The number of hydrogen-bond donors (Lipinski definition) is 1. The van der Waals surface area contributed by atoms with Crippen LogP contribution in [0, 0.1) is 5.82 Å². The normalized spacial score (nSPS) is 15.6. The van der Waals surface area contributed by atoms with E-state index < -0.39 is 21.7 Å². The van der Waals surface area contributed by atoms with Gasteiger partial charge in [0.25, 0.3) is 5.91 Å². The summed E-state index contributed by atoms with van der Waals surface area (Å²) in [6.45, 7) is 0.263. The fourth-order valence-electron chi connectivity index (χ4n) is 3.42. The maximum Gasteiger partial charge on any atom is 0.259 e. The molecule has 1 aliphatic rings. The first kappa shape index (κ1) is 19.3. The second kappa shape index (κ2) is 7.41. The summed E-state index contributed by atoms with van der Waals surface area (Å²) in [6, 6.07) is 12.1. The van der Waals surface area contributed by atoms with Crippen molar-refractivity contribution >= 4 is 26.8 Å². The van der Waals surface area contributed by atoms with Crippen molar-refractivity contribution in [3.63, 3.8) is 0 Å². The average molecular weight is 415 g/mol. The molecule has 4 rings (SSSR count). The van der Waals surface area contributed by atoms with Crippen LogP contribution in [0.2, 0.25) is 0 Å². The van der Waals surface area contributed by atoms with Crippen LogP contribution in [-0.2, 0) is 10.0 Å². The monoisotopic (exact) mass is 415 g/mol. The number of aromatic nitrogens is 1. The molecule has 29 heavy (non-hydrogen) atoms. The molecule has 0 unspecified atom stereocenters. The summed E-state index contributed by atoms with van der Waals surface area (Å²) in [5, 5.41) is 0.416. The van der Waals surface area contributed by atoms with Gasteiger partial charge in [0.1, 0.15) is 16.3 Å². The lowest BCUT2D eigenvalue weighted by molar-refractivity contribution is 0.0696. The molecule has 150 valence electrons. The molecule has 0 bridgehead atoms. The van der Waals surface area contributed by atoms with Crippen molar-refractivity contribution in [2.75, 3.05) is 26.2 Å². The number of piperazine rings is 1. The van der Waals surface area contributed by atoms with Crippen molar-refractivity contribution in [2.45, 2.75) is 4.90 Å². The van der Waals surface area contributed by atoms with E-state index in [2.05, 4.69) is 4.98 Å². The number of hydrogen-bond acceptors (Lipinski definition) is 4. The highest BCUT2D eigenvalue weighted by atomic mass is 32.2. The highest BCUT2D eigenvalue weighted by Gasteiger charge is 2.32. The van der Waals surface area contributed by atoms with Crippen LogP contribution in [0.5, 0.6) is 0 Å². The van der Waals surface area contributed by atoms with Crippen LogP contribution >= 0.6 is 0 Å². The SMILES string of the molecule is O=C(c1c[nH]c2ccccc2c1=O)N1CCN(S(=O)(=O)c2ccccc2F)CC1. The van der Waals surface area contributed by atoms with E-state index in [1.54, 1.807) is 24.3 Å². The van der Waals surface area contributed by atoms with Crippen molar-refractivity contribution in [1.29, 1.82) is 0 Å². The number of carbonyl (C=O) groups excluding carboxylic acids is 1. The van der Waals surface area contributed by atoms with Gasteiger partial charge in [-0.15, -0.1) is 0 Å². The summed E-state index contributed by atoms with van der Waals surface area (Å²) in [5.74, 6) is -1.27. The molecule has 2 heterocycles. The molecular formula is C20H18FN3O4S. The highest BCUT2D eigenvalue weighted by molar-refractivity contribution is 7.89. The van der Waals surface area contributed by atoms with Crippen molar-refractivity contribution in [1.82, 2.24) is 14.2 Å². The van der Waals surface area contributed by atoms with E-state index in [0.29, 0.717) is 10.9 Å². The Morgan fingerprint density at radius 2 is 1.62 bits per heavy atom. The van der Waals surface area contributed by atoms with Gasteiger partial charge in [0.2, 0.25) is 15.5 Å². The number of halogens is 1. The summed E-state index contributed by atoms with van der Waals surface area (Å²) >= 11 is 0. The third kappa shape index (κ3) is 3.43. The van der Waals surface area contributed by atoms with Gasteiger partial charge < -0.3 is 9.88 Å². The Bertz CT molecular complexity index is 1250. The molecule has 0 atom stereocenters. The van der Waals surface area contributed by atoms with E-state index in [1.807, 2.05) is 0 Å². The number of benzene rings is 2. The molecule has 0 aliphatic carbocycles. The number of para-hydroxylation sites is 1. The summed E-state index contributed by atoms with van der Waals surface area (Å²) < 4.78 is 40.4. The summed E-state index contributed by atoms with van der Waals surface area (Å²) in [7, 11) is -3.99. The number of sulfonamides is 1. The van der Waals surface area contributed by atoms with E-state index in [1.165, 1.54) is 29.3 Å². The van der Waals surface area contributed by atoms with Gasteiger partial charge in [-0.1, -0.05) is 24.3 Å². The van der Waals surface area contributed by atoms with E-state index in [9.17, 15) is 22.4 Å². The molecule has 1 N–H and O–H groups in total. The summed E-state index contributed by atoms with van der Waals surface area (Å²) in [4.78, 5) is 29.5. The smallest absolute Gasteiger partial charge is 0.259 e. The number of aromatic amines is 1. The van der Waals surface area contributed by atoms with E-state index in [4.69, 9.17) is 0 Å². The molecule has 1 fully saturated rings. The number of nitrogens with zero attached hydrogens (tertiary/aromatic N) is 2. The van der Waals surface area contributed by atoms with Crippen molar-refractivity contribution < 1.29 is 17.6 Å². The first-order valence-corrected chi connectivity index (χ1v) is 10.5. The van der Waals surface area contributed by atoms with Crippen LogP contribution in [0.15, 0.2) is 64.4 Å². The number of H-pyrrole nitrogens is 1. The minimum atomic E-state index is -3.99. The third-order valence-corrected chi connectivity index (χ3v) is 6.93. The quantitative estimate of drug-likeness (QED) is 0.707. The third-order valence-electron chi connectivity index (χ3n) is 5.00. The Morgan fingerprint density at radius 3 is 2.34 bits per heavy atom. The minimum Gasteiger partial charge on any atom is -0.360 e. The van der Waals surface area contributed by atoms with Crippen molar-refractivity contribution in [3.05, 3.63) is 76.3 Å². The lowest BCUT2D eigenvalue weighted by Crippen LogP contribution is -2.51. The number of pyridine rings is 1. The maximum atomic E-state index is 13.9. The first-order chi connectivity index (χ1) is 13.9. The zero-order valence-electron chi connectivity index (χ0n) is 15.3. The molecule has 3 aromatic rings. The number of fused-ring (bicyclic) bond motifs is 1. The molecule has 9 heteroatoms. The lowest BCUT2D eigenvalue weighted by Gasteiger charge is -2.34. The van der Waals surface area contributed by atoms with Gasteiger partial charge in [-0.3, -0.25) is 9.59 Å². The summed E-state index contributed by atoms with van der Waals surface area (Å²) in [6.07, 6.45) is 1.38. The summed E-state index contributed by atoms with van der Waals surface area (Å²) in [5.41, 5.74) is 0.273. The Morgan fingerprint density at radius 1 is 0.966 bits per heavy atom. The van der Waals surface area contributed by atoms with E-state index in [0.717, 1.165) is 10.4 Å². The second-order valence-electron chi connectivity index (χ2n) is 6.70. The predicted molar refractivity (Wildman–Crippen MR) is 106 cm³/mol. The Kier molecular flexibility index (Phi) is 4.93. The molecule has 7 nitrogen and oxygen atoms in total. The molecule has 1 amide bonds. The van der Waals surface area contributed by atoms with Gasteiger partial charge in [-0.2, -0.15) is 4.31 Å². The standard InChI is InChI=1S/C20H18FN3O4S/c21-16-6-2-4-8-18(16)29(27,28)24-11-9-23(10-12-24)20(26)15-13-22-17-7-3-1-5-14(17)19(15)25/h1-8,13H,9-12H2,(H,22,25). The Hall–Kier alpha value is -3.04. The largest absolute Gasteiger partial charge is 0.360 e. The molecule has 1 saturated heterocycles. The van der Waals surface area contributed by atoms with Gasteiger partial charge in [0.05, 0.1) is 0 Å². The first-order valence-electron chi connectivity index (χ1n) is 9.04. The fourth-order valence-corrected chi connectivity index (χ4v) is 4.91. The molecule has 2 aromatic carbocycles. The lowest BCUT2D eigenvalue weighted by atomic mass is 10.1. The Balaban J connectivity index is 1.53. The molecule has 0 radical (unpaired) electrons. The van der Waals surface area contributed by atoms with E-state index in [-0.39, 0.29) is 42.1 Å². The molecular weight excluding hydrogens is 397 g/mol. The number of nitrogens with one attached hydrogen (secondary N) is 1. The topological polar surface area (TPSA) is 90.6 Å². The van der Waals surface area contributed by atoms with Crippen LogP contribution in [0.4, 0.5) is 4.39 Å². The number of rotatable bonds is 3. The minimum absolute atomic E-state index is 0.00844. The van der Waals surface area contributed by atoms with Crippen molar-refractivity contribution in [2.24, 2.45) is 0 Å². The maximum absolute atomic E-state index is 13.9. The van der Waals surface area contributed by atoms with Crippen LogP contribution in [-0.4, -0.2) is 54.7 Å². The van der Waals surface area contributed by atoms with Crippen molar-refractivity contribution in [3.8, 4) is 0 Å². The van der Waals surface area contributed by atoms with Crippen LogP contribution in [0.3, 0.4) is 0 Å². The van der Waals surface area contributed by atoms with Gasteiger partial charge >= 0.3 is 0 Å². The van der Waals surface area contributed by atoms with Crippen LogP contribution in [0.1, 0.15) is 10.4 Å². The van der Waals surface area contributed by atoms with Crippen LogP contribution in [0.25, 0.3) is 10.9 Å². The van der Waals surface area contributed by atoms with Crippen LogP contribution < -0.4 is 5.43 Å². The number of carbonyl (C=O) groups is 1. The highest BCUT2D eigenvalue weighted by Crippen LogP contribution is 2.21. The molecule has 1 aliphatic heterocycles. The van der Waals surface area contributed by atoms with Gasteiger partial charge in [0.15, 0.2) is 0 Å². The van der Waals surface area contributed by atoms with Gasteiger partial charge in [-0.05, 0) is 24.3 Å². The molecule has 1 aromatic heterocycles. The van der Waals surface area contributed by atoms with E-state index >= 15 is 0 Å². The van der Waals surface area contributed by atoms with Gasteiger partial charge in [0, 0.05) is 43.3 Å². The zero-order valence-corrected chi connectivity index (χ0v) is 16.2. The van der Waals surface area contributed by atoms with Gasteiger partial charge in [-0.25, -0.2) is 12.8 Å². The fraction of sp³-hybridized carbons (Fsp3) is 0.200. The average Bonchev–Trinajstić information content (AvgIpc) is 2.74. The predicted octanol–water partition coefficient (Wildman–Crippen LogP) is 1.81.